The number of benzene rings is 2. The maximum Gasteiger partial charge on any atom is 0.251 e. The number of halogens is 2. The number of likely N-dealkylation sites (tertiary alicyclic amines) is 1. The summed E-state index contributed by atoms with van der Waals surface area (Å²) in [6.07, 6.45) is 6.01. The summed E-state index contributed by atoms with van der Waals surface area (Å²) < 4.78 is 27.9. The fourth-order valence-electron chi connectivity index (χ4n) is 5.88. The number of hydrogen-bond acceptors (Lipinski definition) is 2. The maximum atomic E-state index is 14.0. The third kappa shape index (κ3) is 4.73. The number of hydrogen-bond donors (Lipinski definition) is 0. The lowest BCUT2D eigenvalue weighted by atomic mass is 9.78. The van der Waals surface area contributed by atoms with Crippen LogP contribution in [0.4, 0.5) is 14.5 Å². The molecule has 1 saturated carbocycles. The van der Waals surface area contributed by atoms with Crippen molar-refractivity contribution in [3.05, 3.63) is 65.2 Å². The highest BCUT2D eigenvalue weighted by atomic mass is 19.3. The highest BCUT2D eigenvalue weighted by Crippen LogP contribution is 2.41. The smallest absolute Gasteiger partial charge is 0.251 e. The Balaban J connectivity index is 1.23. The van der Waals surface area contributed by atoms with E-state index < -0.39 is 12.3 Å². The second-order valence-electron chi connectivity index (χ2n) is 9.88. The molecule has 2 aliphatic heterocycles. The third-order valence-electron chi connectivity index (χ3n) is 7.67. The number of para-hydroxylation sites is 1. The van der Waals surface area contributed by atoms with Crippen LogP contribution in [-0.4, -0.2) is 36.0 Å². The van der Waals surface area contributed by atoms with E-state index in [1.165, 1.54) is 12.0 Å². The Morgan fingerprint density at radius 2 is 1.73 bits per heavy atom. The highest BCUT2D eigenvalue weighted by Gasteiger charge is 2.35. The summed E-state index contributed by atoms with van der Waals surface area (Å²) in [5, 5.41) is 0. The van der Waals surface area contributed by atoms with Crippen LogP contribution in [0.3, 0.4) is 0 Å². The quantitative estimate of drug-likeness (QED) is 0.510. The van der Waals surface area contributed by atoms with Crippen LogP contribution in [0, 0.1) is 11.8 Å². The minimum absolute atomic E-state index is 0.184. The zero-order valence-corrected chi connectivity index (χ0v) is 19.1. The van der Waals surface area contributed by atoms with Gasteiger partial charge in [-0.2, -0.15) is 0 Å². The van der Waals surface area contributed by atoms with E-state index in [0.29, 0.717) is 28.8 Å². The van der Waals surface area contributed by atoms with Gasteiger partial charge in [-0.15, -0.1) is 0 Å². The number of aliphatic imine (C=N–C) groups is 1. The zero-order chi connectivity index (χ0) is 22.8. The van der Waals surface area contributed by atoms with E-state index in [-0.39, 0.29) is 5.92 Å². The normalized spacial score (nSPS) is 25.1. The molecule has 2 fully saturated rings. The first kappa shape index (κ1) is 22.2. The van der Waals surface area contributed by atoms with E-state index in [0.717, 1.165) is 63.6 Å². The summed E-state index contributed by atoms with van der Waals surface area (Å²) in [4.78, 5) is 19.5. The van der Waals surface area contributed by atoms with Gasteiger partial charge in [0.1, 0.15) is 0 Å². The van der Waals surface area contributed by atoms with Crippen LogP contribution in [0.1, 0.15) is 67.6 Å². The van der Waals surface area contributed by atoms with E-state index in [1.54, 1.807) is 12.1 Å². The van der Waals surface area contributed by atoms with Gasteiger partial charge in [0.15, 0.2) is 0 Å². The molecule has 1 amide bonds. The first-order valence-corrected chi connectivity index (χ1v) is 12.4. The lowest BCUT2D eigenvalue weighted by Gasteiger charge is -2.34. The molecule has 2 aromatic rings. The van der Waals surface area contributed by atoms with Crippen LogP contribution in [0.15, 0.2) is 53.5 Å². The Labute approximate surface area is 194 Å². The van der Waals surface area contributed by atoms with Crippen molar-refractivity contribution in [2.45, 2.75) is 63.7 Å². The van der Waals surface area contributed by atoms with Crippen LogP contribution in [0.5, 0.6) is 0 Å². The van der Waals surface area contributed by atoms with Crippen molar-refractivity contribution in [1.29, 1.82) is 0 Å². The van der Waals surface area contributed by atoms with Crippen LogP contribution in [0.25, 0.3) is 0 Å². The van der Waals surface area contributed by atoms with Gasteiger partial charge in [-0.05, 0) is 86.1 Å². The monoisotopic (exact) mass is 450 g/mol. The molecule has 0 radical (unpaired) electrons. The molecule has 1 saturated heterocycles. The average Bonchev–Trinajstić information content (AvgIpc) is 3.25. The van der Waals surface area contributed by atoms with Gasteiger partial charge >= 0.3 is 0 Å². The van der Waals surface area contributed by atoms with Gasteiger partial charge < -0.3 is 4.90 Å². The highest BCUT2D eigenvalue weighted by molar-refractivity contribution is 6.10. The standard InChI is InChI=1S/C28H32F2N2O/c29-27(30)25-23-9-2-3-10-24(23)31-26(25)22-8-6-7-20(18-22)17-19-11-13-21(14-12-19)28(33)32-15-4-1-5-16-32/h2-3,6-10,18-19,21,25,27H,1,4-5,11-17H2. The van der Waals surface area contributed by atoms with Crippen molar-refractivity contribution in [2.75, 3.05) is 13.1 Å². The summed E-state index contributed by atoms with van der Waals surface area (Å²) in [6, 6.07) is 15.2. The summed E-state index contributed by atoms with van der Waals surface area (Å²) in [7, 11) is 0. The molecule has 1 unspecified atom stereocenters. The lowest BCUT2D eigenvalue weighted by molar-refractivity contribution is -0.137. The Kier molecular flexibility index (Phi) is 6.57. The summed E-state index contributed by atoms with van der Waals surface area (Å²) in [5.41, 5.74) is 3.71. The van der Waals surface area contributed by atoms with Gasteiger partial charge in [-0.1, -0.05) is 36.4 Å². The summed E-state index contributed by atoms with van der Waals surface area (Å²) in [6.45, 7) is 1.86. The van der Waals surface area contributed by atoms with Crippen molar-refractivity contribution < 1.29 is 13.6 Å². The van der Waals surface area contributed by atoms with Gasteiger partial charge in [-0.3, -0.25) is 9.79 Å². The van der Waals surface area contributed by atoms with Crippen molar-refractivity contribution >= 4 is 17.3 Å². The molecular formula is C28H32F2N2O. The van der Waals surface area contributed by atoms with Gasteiger partial charge in [0.05, 0.1) is 17.3 Å². The molecule has 1 aliphatic carbocycles. The fraction of sp³-hybridized carbons (Fsp3) is 0.500. The molecule has 5 rings (SSSR count). The van der Waals surface area contributed by atoms with Crippen molar-refractivity contribution in [3.8, 4) is 0 Å². The molecule has 5 heteroatoms. The van der Waals surface area contributed by atoms with Gasteiger partial charge in [0.2, 0.25) is 5.91 Å². The third-order valence-corrected chi connectivity index (χ3v) is 7.67. The number of carbonyl (C=O) groups is 1. The molecule has 33 heavy (non-hydrogen) atoms. The molecular weight excluding hydrogens is 418 g/mol. The second kappa shape index (κ2) is 9.74. The number of nitrogens with zero attached hydrogens (tertiary/aromatic N) is 2. The van der Waals surface area contributed by atoms with Gasteiger partial charge in [-0.25, -0.2) is 8.78 Å². The SMILES string of the molecule is O=C(C1CCC(Cc2cccc(C3=Nc4ccccc4C3C(F)F)c2)CC1)N1CCCCC1. The zero-order valence-electron chi connectivity index (χ0n) is 19.1. The maximum absolute atomic E-state index is 14.0. The van der Waals surface area contributed by atoms with Crippen LogP contribution < -0.4 is 0 Å². The van der Waals surface area contributed by atoms with Gasteiger partial charge in [0.25, 0.3) is 6.43 Å². The van der Waals surface area contributed by atoms with E-state index in [9.17, 15) is 13.6 Å². The van der Waals surface area contributed by atoms with E-state index in [4.69, 9.17) is 0 Å². The van der Waals surface area contributed by atoms with Crippen LogP contribution >= 0.6 is 0 Å². The predicted octanol–water partition coefficient (Wildman–Crippen LogP) is 6.53. The number of alkyl halides is 2. The second-order valence-corrected chi connectivity index (χ2v) is 9.88. The van der Waals surface area contributed by atoms with Crippen molar-refractivity contribution in [1.82, 2.24) is 4.90 Å². The van der Waals surface area contributed by atoms with E-state index >= 15 is 0 Å². The summed E-state index contributed by atoms with van der Waals surface area (Å²) >= 11 is 0. The largest absolute Gasteiger partial charge is 0.342 e. The molecule has 2 heterocycles. The molecule has 0 spiro atoms. The van der Waals surface area contributed by atoms with E-state index in [1.807, 2.05) is 30.3 Å². The molecule has 0 bridgehead atoms. The molecule has 3 aliphatic rings. The number of amides is 1. The number of piperidine rings is 1. The minimum atomic E-state index is -2.48. The first-order valence-electron chi connectivity index (χ1n) is 12.4. The van der Waals surface area contributed by atoms with Gasteiger partial charge in [0, 0.05) is 19.0 Å². The number of rotatable bonds is 5. The Morgan fingerprint density at radius 3 is 2.48 bits per heavy atom. The molecule has 0 aromatic heterocycles. The molecule has 3 nitrogen and oxygen atoms in total. The van der Waals surface area contributed by atoms with E-state index in [2.05, 4.69) is 16.0 Å². The Bertz CT molecular complexity index is 1020. The number of fused-ring (bicyclic) bond motifs is 1. The van der Waals surface area contributed by atoms with Crippen molar-refractivity contribution in [3.63, 3.8) is 0 Å². The van der Waals surface area contributed by atoms with Crippen molar-refractivity contribution in [2.24, 2.45) is 16.8 Å². The molecule has 0 N–H and O–H groups in total. The Morgan fingerprint density at radius 1 is 0.970 bits per heavy atom. The molecule has 2 aromatic carbocycles. The summed E-state index contributed by atoms with van der Waals surface area (Å²) in [5.74, 6) is 0.128. The topological polar surface area (TPSA) is 32.7 Å². The minimum Gasteiger partial charge on any atom is -0.342 e. The number of carbonyl (C=O) groups excluding carboxylic acids is 1. The predicted molar refractivity (Wildman–Crippen MR) is 127 cm³/mol. The Hall–Kier alpha value is -2.56. The average molecular weight is 451 g/mol. The fourth-order valence-corrected chi connectivity index (χ4v) is 5.88. The lowest BCUT2D eigenvalue weighted by Crippen LogP contribution is -2.40. The first-order chi connectivity index (χ1) is 16.1. The molecule has 174 valence electrons. The van der Waals surface area contributed by atoms with Crippen LogP contribution in [0.2, 0.25) is 0 Å². The van der Waals surface area contributed by atoms with Crippen LogP contribution in [-0.2, 0) is 11.2 Å². The molecule has 1 atom stereocenters.